The number of nitro groups is 1. The number of rotatable bonds is 8. The fourth-order valence-corrected chi connectivity index (χ4v) is 3.43. The molecular weight excluding hydrogens is 334 g/mol. The number of nitro benzene ring substituents is 1. The molecule has 0 fully saturated rings. The normalized spacial score (nSPS) is 11.6. The highest BCUT2D eigenvalue weighted by molar-refractivity contribution is 7.89. The van der Waals surface area contributed by atoms with E-state index < -0.39 is 25.5 Å². The van der Waals surface area contributed by atoms with E-state index in [0.717, 1.165) is 11.6 Å². The Morgan fingerprint density at radius 3 is 2.33 bits per heavy atom. The van der Waals surface area contributed by atoms with E-state index >= 15 is 0 Å². The molecule has 0 amide bonds. The Hall–Kier alpha value is -2.33. The third-order valence-corrected chi connectivity index (χ3v) is 4.86. The molecule has 0 bridgehead atoms. The van der Waals surface area contributed by atoms with Crippen LogP contribution in [0, 0.1) is 10.1 Å². The maximum atomic E-state index is 12.7. The Bertz CT molecular complexity index is 796. The maximum Gasteiger partial charge on any atom is 0.289 e. The van der Waals surface area contributed by atoms with Gasteiger partial charge in [-0.2, -0.15) is 0 Å². The molecule has 0 unspecified atom stereocenters. The second-order valence-electron chi connectivity index (χ2n) is 4.80. The topological polar surface area (TPSA) is 116 Å². The summed E-state index contributed by atoms with van der Waals surface area (Å²) in [6, 6.07) is 14.1. The van der Waals surface area contributed by atoms with Crippen LogP contribution in [0.5, 0.6) is 0 Å². The van der Waals surface area contributed by atoms with E-state index in [1.54, 1.807) is 24.3 Å². The molecule has 0 heterocycles. The van der Waals surface area contributed by atoms with Gasteiger partial charge in [0.05, 0.1) is 18.1 Å². The zero-order valence-corrected chi connectivity index (χ0v) is 13.6. The van der Waals surface area contributed by atoms with Crippen LogP contribution in [0.1, 0.15) is 5.56 Å². The van der Waals surface area contributed by atoms with Crippen molar-refractivity contribution in [2.45, 2.75) is 11.5 Å². The largest absolute Gasteiger partial charge is 0.329 e. The van der Waals surface area contributed by atoms with Crippen LogP contribution in [0.4, 0.5) is 5.69 Å². The van der Waals surface area contributed by atoms with E-state index in [0.29, 0.717) is 4.47 Å². The summed E-state index contributed by atoms with van der Waals surface area (Å²) in [6.45, 7) is -0.115. The second-order valence-corrected chi connectivity index (χ2v) is 6.60. The molecule has 24 heavy (non-hydrogen) atoms. The molecule has 9 heteroatoms. The number of hydrogen-bond donors (Lipinski definition) is 1. The molecule has 0 atom stereocenters. The summed E-state index contributed by atoms with van der Waals surface area (Å²) in [5.74, 6) is 0. The van der Waals surface area contributed by atoms with Crippen LogP contribution in [0.2, 0.25) is 0 Å². The summed E-state index contributed by atoms with van der Waals surface area (Å²) in [5, 5.41) is 11.1. The number of nitrogens with two attached hydrogens (primary N) is 1. The predicted octanol–water partition coefficient (Wildman–Crippen LogP) is 1.68. The van der Waals surface area contributed by atoms with Crippen molar-refractivity contribution < 1.29 is 18.2 Å². The molecule has 0 aliphatic carbocycles. The van der Waals surface area contributed by atoms with Crippen molar-refractivity contribution in [1.82, 2.24) is 4.47 Å². The van der Waals surface area contributed by atoms with Gasteiger partial charge in [-0.3, -0.25) is 15.0 Å². The Morgan fingerprint density at radius 1 is 1.08 bits per heavy atom. The number of benzene rings is 2. The van der Waals surface area contributed by atoms with Crippen LogP contribution in [-0.2, 0) is 21.5 Å². The standard InChI is InChI=1S/C15H17N3O5S/c16-10-11-17(23-12-13-6-2-1-3-7-13)24(21,22)15-9-5-4-8-14(15)18(19)20/h1-9H,10-12,16H2. The lowest BCUT2D eigenvalue weighted by Crippen LogP contribution is -2.35. The van der Waals surface area contributed by atoms with Crippen LogP contribution in [-0.4, -0.2) is 30.9 Å². The van der Waals surface area contributed by atoms with Gasteiger partial charge in [-0.1, -0.05) is 46.9 Å². The number of hydrogen-bond acceptors (Lipinski definition) is 6. The number of hydroxylamine groups is 1. The third kappa shape index (κ3) is 4.15. The van der Waals surface area contributed by atoms with Gasteiger partial charge in [-0.25, -0.2) is 8.42 Å². The minimum absolute atomic E-state index is 0.000696. The summed E-state index contributed by atoms with van der Waals surface area (Å²) in [4.78, 5) is 15.3. The fraction of sp³-hybridized carbons (Fsp3) is 0.200. The Morgan fingerprint density at radius 2 is 1.71 bits per heavy atom. The summed E-state index contributed by atoms with van der Waals surface area (Å²) in [5.41, 5.74) is 5.70. The predicted molar refractivity (Wildman–Crippen MR) is 87.3 cm³/mol. The molecule has 2 rings (SSSR count). The molecule has 0 saturated heterocycles. The molecule has 8 nitrogen and oxygen atoms in total. The van der Waals surface area contributed by atoms with Crippen molar-refractivity contribution in [3.05, 3.63) is 70.3 Å². The van der Waals surface area contributed by atoms with Crippen LogP contribution in [0.15, 0.2) is 59.5 Å². The molecule has 128 valence electrons. The van der Waals surface area contributed by atoms with Crippen LogP contribution >= 0.6 is 0 Å². The first kappa shape index (κ1) is 18.0. The highest BCUT2D eigenvalue weighted by atomic mass is 32.2. The lowest BCUT2D eigenvalue weighted by molar-refractivity contribution is -0.387. The third-order valence-electron chi connectivity index (χ3n) is 3.14. The second kappa shape index (κ2) is 7.97. The van der Waals surface area contributed by atoms with E-state index in [1.165, 1.54) is 18.2 Å². The van der Waals surface area contributed by atoms with E-state index in [2.05, 4.69) is 0 Å². The van der Waals surface area contributed by atoms with Gasteiger partial charge in [0.2, 0.25) is 0 Å². The first-order valence-corrected chi connectivity index (χ1v) is 8.54. The van der Waals surface area contributed by atoms with Crippen molar-refractivity contribution in [2.24, 2.45) is 5.73 Å². The minimum Gasteiger partial charge on any atom is -0.329 e. The van der Waals surface area contributed by atoms with Crippen molar-refractivity contribution in [3.8, 4) is 0 Å². The van der Waals surface area contributed by atoms with E-state index in [1.807, 2.05) is 6.07 Å². The van der Waals surface area contributed by atoms with Gasteiger partial charge < -0.3 is 5.73 Å². The van der Waals surface area contributed by atoms with Gasteiger partial charge >= 0.3 is 0 Å². The molecule has 2 aromatic rings. The smallest absolute Gasteiger partial charge is 0.289 e. The van der Waals surface area contributed by atoms with Crippen molar-refractivity contribution in [2.75, 3.05) is 13.1 Å². The van der Waals surface area contributed by atoms with Gasteiger partial charge in [-0.15, -0.1) is 0 Å². The molecule has 0 aliphatic heterocycles. The Labute approximate surface area is 139 Å². The lowest BCUT2D eigenvalue weighted by atomic mass is 10.2. The van der Waals surface area contributed by atoms with Gasteiger partial charge in [0, 0.05) is 12.6 Å². The molecule has 0 aliphatic rings. The average molecular weight is 351 g/mol. The highest BCUT2D eigenvalue weighted by Crippen LogP contribution is 2.26. The van der Waals surface area contributed by atoms with E-state index in [-0.39, 0.29) is 19.7 Å². The molecule has 0 spiro atoms. The molecule has 2 aromatic carbocycles. The number of nitrogens with zero attached hydrogens (tertiary/aromatic N) is 2. The maximum absolute atomic E-state index is 12.7. The van der Waals surface area contributed by atoms with Crippen molar-refractivity contribution >= 4 is 15.7 Å². The van der Waals surface area contributed by atoms with Gasteiger partial charge in [0.15, 0.2) is 4.90 Å². The average Bonchev–Trinajstić information content (AvgIpc) is 2.59. The Balaban J connectivity index is 2.30. The van der Waals surface area contributed by atoms with E-state index in [9.17, 15) is 18.5 Å². The summed E-state index contributed by atoms with van der Waals surface area (Å²) >= 11 is 0. The van der Waals surface area contributed by atoms with Gasteiger partial charge in [0.25, 0.3) is 15.7 Å². The molecular formula is C15H17N3O5S. The molecule has 0 radical (unpaired) electrons. The summed E-state index contributed by atoms with van der Waals surface area (Å²) in [7, 11) is -4.22. The number of sulfonamides is 1. The number of para-hydroxylation sites is 1. The zero-order chi connectivity index (χ0) is 17.6. The van der Waals surface area contributed by atoms with Crippen LogP contribution in [0.3, 0.4) is 0 Å². The quantitative estimate of drug-likeness (QED) is 0.571. The molecule has 2 N–H and O–H groups in total. The zero-order valence-electron chi connectivity index (χ0n) is 12.7. The lowest BCUT2D eigenvalue weighted by Gasteiger charge is -2.20. The minimum atomic E-state index is -4.22. The molecule has 0 aromatic heterocycles. The SMILES string of the molecule is NCCN(OCc1ccccc1)S(=O)(=O)c1ccccc1[N+](=O)[O-]. The first-order valence-electron chi connectivity index (χ1n) is 7.10. The molecule has 0 saturated carbocycles. The van der Waals surface area contributed by atoms with Gasteiger partial charge in [-0.05, 0) is 11.6 Å². The Kier molecular flexibility index (Phi) is 5.99. The monoisotopic (exact) mass is 351 g/mol. The highest BCUT2D eigenvalue weighted by Gasteiger charge is 2.32. The van der Waals surface area contributed by atoms with Crippen molar-refractivity contribution in [1.29, 1.82) is 0 Å². The summed E-state index contributed by atoms with van der Waals surface area (Å²) < 4.78 is 26.1. The van der Waals surface area contributed by atoms with Gasteiger partial charge in [0.1, 0.15) is 0 Å². The first-order chi connectivity index (χ1) is 11.5. The van der Waals surface area contributed by atoms with E-state index in [4.69, 9.17) is 10.6 Å². The van der Waals surface area contributed by atoms with Crippen LogP contribution < -0.4 is 5.73 Å². The van der Waals surface area contributed by atoms with Crippen LogP contribution in [0.25, 0.3) is 0 Å². The van der Waals surface area contributed by atoms with Crippen molar-refractivity contribution in [3.63, 3.8) is 0 Å². The summed E-state index contributed by atoms with van der Waals surface area (Å²) in [6.07, 6.45) is 0. The fourth-order valence-electron chi connectivity index (χ4n) is 2.02.